The molecule has 7 heteroatoms. The Morgan fingerprint density at radius 3 is 2.35 bits per heavy atom. The average molecular weight is 335 g/mol. The summed E-state index contributed by atoms with van der Waals surface area (Å²) in [5.41, 5.74) is 0. The summed E-state index contributed by atoms with van der Waals surface area (Å²) in [7, 11) is 0. The zero-order chi connectivity index (χ0) is 16.9. The molecule has 1 saturated carbocycles. The summed E-state index contributed by atoms with van der Waals surface area (Å²) in [6.07, 6.45) is 0.126. The minimum absolute atomic E-state index is 0.00582. The van der Waals surface area contributed by atoms with E-state index in [9.17, 15) is 18.0 Å². The summed E-state index contributed by atoms with van der Waals surface area (Å²) < 4.78 is 38.4. The number of nitrogens with zero attached hydrogens (tertiary/aromatic N) is 1. The van der Waals surface area contributed by atoms with Crippen molar-refractivity contribution in [3.8, 4) is 0 Å². The maximum absolute atomic E-state index is 12.8. The summed E-state index contributed by atoms with van der Waals surface area (Å²) in [6.45, 7) is 5.17. The van der Waals surface area contributed by atoms with Crippen molar-refractivity contribution in [2.45, 2.75) is 70.1 Å². The lowest BCUT2D eigenvalue weighted by Crippen LogP contribution is -2.51. The Morgan fingerprint density at radius 1 is 1.09 bits per heavy atom. The van der Waals surface area contributed by atoms with Crippen molar-refractivity contribution >= 4 is 6.03 Å². The van der Waals surface area contributed by atoms with Crippen LogP contribution in [0.5, 0.6) is 0 Å². The van der Waals surface area contributed by atoms with E-state index in [-0.39, 0.29) is 31.0 Å². The van der Waals surface area contributed by atoms with E-state index in [1.165, 1.54) is 0 Å². The van der Waals surface area contributed by atoms with E-state index in [1.54, 1.807) is 0 Å². The third kappa shape index (κ3) is 5.86. The van der Waals surface area contributed by atoms with Gasteiger partial charge in [-0.05, 0) is 45.1 Å². The van der Waals surface area contributed by atoms with Crippen LogP contribution in [0.1, 0.15) is 51.9 Å². The third-order valence-corrected chi connectivity index (χ3v) is 4.93. The SMILES string of the molecule is CCCN1CCC(NC(=O)N[C@@H]2CCC[C@@H](C(F)(F)F)C2)CC1. The van der Waals surface area contributed by atoms with Gasteiger partial charge in [-0.2, -0.15) is 13.2 Å². The number of likely N-dealkylation sites (tertiary alicyclic amines) is 1. The summed E-state index contributed by atoms with van der Waals surface area (Å²) in [6, 6.07) is -0.549. The first-order chi connectivity index (χ1) is 10.9. The van der Waals surface area contributed by atoms with Crippen molar-refractivity contribution < 1.29 is 18.0 Å². The minimum Gasteiger partial charge on any atom is -0.335 e. The van der Waals surface area contributed by atoms with Crippen LogP contribution in [0.3, 0.4) is 0 Å². The second-order valence-corrected chi connectivity index (χ2v) is 6.84. The number of hydrogen-bond donors (Lipinski definition) is 2. The number of carbonyl (C=O) groups excluding carboxylic acids is 1. The second-order valence-electron chi connectivity index (χ2n) is 6.84. The lowest BCUT2D eigenvalue weighted by atomic mass is 9.85. The number of halogens is 3. The zero-order valence-corrected chi connectivity index (χ0v) is 13.8. The van der Waals surface area contributed by atoms with Crippen molar-refractivity contribution in [1.82, 2.24) is 15.5 Å². The van der Waals surface area contributed by atoms with E-state index in [2.05, 4.69) is 22.5 Å². The molecule has 0 aromatic rings. The molecule has 1 saturated heterocycles. The Bertz CT molecular complexity index is 381. The van der Waals surface area contributed by atoms with E-state index < -0.39 is 12.1 Å². The van der Waals surface area contributed by atoms with Gasteiger partial charge in [0.15, 0.2) is 0 Å². The molecule has 0 radical (unpaired) electrons. The van der Waals surface area contributed by atoms with Crippen molar-refractivity contribution in [2.75, 3.05) is 19.6 Å². The highest BCUT2D eigenvalue weighted by Gasteiger charge is 2.42. The van der Waals surface area contributed by atoms with Crippen LogP contribution < -0.4 is 10.6 Å². The molecule has 4 nitrogen and oxygen atoms in total. The number of amides is 2. The van der Waals surface area contributed by atoms with Crippen LogP contribution in [-0.2, 0) is 0 Å². The zero-order valence-electron chi connectivity index (χ0n) is 13.8. The van der Waals surface area contributed by atoms with Gasteiger partial charge in [-0.1, -0.05) is 13.3 Å². The Morgan fingerprint density at radius 2 is 1.74 bits per heavy atom. The van der Waals surface area contributed by atoms with Crippen LogP contribution in [0.4, 0.5) is 18.0 Å². The molecule has 2 aliphatic rings. The highest BCUT2D eigenvalue weighted by atomic mass is 19.4. The van der Waals surface area contributed by atoms with Gasteiger partial charge in [0.2, 0.25) is 0 Å². The molecule has 0 unspecified atom stereocenters. The molecule has 0 aromatic heterocycles. The van der Waals surface area contributed by atoms with Gasteiger partial charge in [0.05, 0.1) is 5.92 Å². The highest BCUT2D eigenvalue weighted by molar-refractivity contribution is 5.74. The highest BCUT2D eigenvalue weighted by Crippen LogP contribution is 2.37. The maximum atomic E-state index is 12.8. The van der Waals surface area contributed by atoms with Crippen LogP contribution >= 0.6 is 0 Å². The van der Waals surface area contributed by atoms with Gasteiger partial charge < -0.3 is 15.5 Å². The van der Waals surface area contributed by atoms with E-state index in [1.807, 2.05) is 0 Å². The molecular weight excluding hydrogens is 307 g/mol. The lowest BCUT2D eigenvalue weighted by Gasteiger charge is -2.34. The van der Waals surface area contributed by atoms with Gasteiger partial charge in [0.25, 0.3) is 0 Å². The quantitative estimate of drug-likeness (QED) is 0.828. The van der Waals surface area contributed by atoms with Crippen molar-refractivity contribution in [2.24, 2.45) is 5.92 Å². The number of rotatable bonds is 4. The number of nitrogens with one attached hydrogen (secondary N) is 2. The predicted octanol–water partition coefficient (Wildman–Crippen LogP) is 3.28. The molecule has 0 spiro atoms. The Hall–Kier alpha value is -0.980. The Labute approximate surface area is 136 Å². The molecule has 0 bridgehead atoms. The van der Waals surface area contributed by atoms with Crippen molar-refractivity contribution in [3.63, 3.8) is 0 Å². The normalized spacial score (nSPS) is 27.7. The number of alkyl halides is 3. The minimum atomic E-state index is -4.15. The van der Waals surface area contributed by atoms with Crippen molar-refractivity contribution in [1.29, 1.82) is 0 Å². The second kappa shape index (κ2) is 8.22. The summed E-state index contributed by atoms with van der Waals surface area (Å²) >= 11 is 0. The van der Waals surface area contributed by atoms with Crippen molar-refractivity contribution in [3.05, 3.63) is 0 Å². The van der Waals surface area contributed by atoms with Crippen LogP contribution in [0.15, 0.2) is 0 Å². The molecule has 2 N–H and O–H groups in total. The maximum Gasteiger partial charge on any atom is 0.391 e. The molecular formula is C16H28F3N3O. The van der Waals surface area contributed by atoms with Gasteiger partial charge in [0.1, 0.15) is 0 Å². The fraction of sp³-hybridized carbons (Fsp3) is 0.938. The number of piperidine rings is 1. The molecule has 0 aromatic carbocycles. The van der Waals surface area contributed by atoms with E-state index in [0.29, 0.717) is 12.8 Å². The van der Waals surface area contributed by atoms with Gasteiger partial charge in [-0.15, -0.1) is 0 Å². The predicted molar refractivity (Wildman–Crippen MR) is 83.2 cm³/mol. The van der Waals surface area contributed by atoms with Crippen LogP contribution in [0, 0.1) is 5.92 Å². The molecule has 2 atom stereocenters. The summed E-state index contributed by atoms with van der Waals surface area (Å²) in [5.74, 6) is -1.28. The molecule has 2 rings (SSSR count). The first-order valence-electron chi connectivity index (χ1n) is 8.74. The number of carbonyl (C=O) groups is 1. The fourth-order valence-electron chi connectivity index (χ4n) is 3.65. The molecule has 23 heavy (non-hydrogen) atoms. The lowest BCUT2D eigenvalue weighted by molar-refractivity contribution is -0.183. The first-order valence-corrected chi connectivity index (χ1v) is 8.74. The number of hydrogen-bond acceptors (Lipinski definition) is 2. The molecule has 1 aliphatic heterocycles. The summed E-state index contributed by atoms with van der Waals surface area (Å²) in [4.78, 5) is 14.4. The van der Waals surface area contributed by atoms with Crippen LogP contribution in [-0.4, -0.2) is 48.8 Å². The average Bonchev–Trinajstić information content (AvgIpc) is 2.49. The van der Waals surface area contributed by atoms with E-state index in [0.717, 1.165) is 38.9 Å². The monoisotopic (exact) mass is 335 g/mol. The molecule has 134 valence electrons. The van der Waals surface area contributed by atoms with Gasteiger partial charge >= 0.3 is 12.2 Å². The third-order valence-electron chi connectivity index (χ3n) is 4.93. The van der Waals surface area contributed by atoms with Gasteiger partial charge in [0, 0.05) is 25.2 Å². The molecule has 2 amide bonds. The fourth-order valence-corrected chi connectivity index (χ4v) is 3.65. The van der Waals surface area contributed by atoms with E-state index >= 15 is 0 Å². The standard InChI is InChI=1S/C16H28F3N3O/c1-2-8-22-9-6-13(7-10-22)20-15(23)21-14-5-3-4-12(11-14)16(17,18)19/h12-14H,2-11H2,1H3,(H2,20,21,23)/t12-,14-/m1/s1. The Kier molecular flexibility index (Phi) is 6.56. The first kappa shape index (κ1) is 18.4. The molecule has 2 fully saturated rings. The smallest absolute Gasteiger partial charge is 0.335 e. The molecule has 1 aliphatic carbocycles. The van der Waals surface area contributed by atoms with Crippen LogP contribution in [0.25, 0.3) is 0 Å². The molecule has 1 heterocycles. The Balaban J connectivity index is 1.71. The topological polar surface area (TPSA) is 44.4 Å². The number of urea groups is 1. The van der Waals surface area contributed by atoms with Gasteiger partial charge in [-0.3, -0.25) is 0 Å². The summed E-state index contributed by atoms with van der Waals surface area (Å²) in [5, 5.41) is 5.67. The van der Waals surface area contributed by atoms with E-state index in [4.69, 9.17) is 0 Å². The van der Waals surface area contributed by atoms with Crippen LogP contribution in [0.2, 0.25) is 0 Å². The van der Waals surface area contributed by atoms with Gasteiger partial charge in [-0.25, -0.2) is 4.79 Å². The largest absolute Gasteiger partial charge is 0.391 e.